The Morgan fingerprint density at radius 2 is 1.96 bits per heavy atom. The largest absolute Gasteiger partial charge is 0.357 e. The summed E-state index contributed by atoms with van der Waals surface area (Å²) in [6.45, 7) is 3.22. The standard InChI is InChI=1S/C18H23IN4O/c19-13-23(10-9-22-8-7-20)18(24)11-14-5-6-15(12-21)17-4-2-1-3-16(14)17/h1-6,12,21-22H,7-11,13,20H2/p+1. The van der Waals surface area contributed by atoms with Crippen molar-refractivity contribution in [1.29, 1.82) is 5.41 Å². The lowest BCUT2D eigenvalue weighted by molar-refractivity contribution is -0.365. The van der Waals surface area contributed by atoms with E-state index < -0.39 is 0 Å². The van der Waals surface area contributed by atoms with Crippen molar-refractivity contribution in [3.05, 3.63) is 47.5 Å². The van der Waals surface area contributed by atoms with Crippen molar-refractivity contribution in [1.82, 2.24) is 10.2 Å². The summed E-state index contributed by atoms with van der Waals surface area (Å²) in [5.74, 6) is 0.133. The summed E-state index contributed by atoms with van der Waals surface area (Å²) in [4.78, 5) is 14.5. The number of alkyl halides is 1. The minimum atomic E-state index is 0.133. The van der Waals surface area contributed by atoms with E-state index in [9.17, 15) is 4.79 Å². The fourth-order valence-electron chi connectivity index (χ4n) is 2.65. The molecule has 5 N–H and O–H groups in total. The van der Waals surface area contributed by atoms with Gasteiger partial charge < -0.3 is 21.4 Å². The van der Waals surface area contributed by atoms with Crippen LogP contribution in [0.15, 0.2) is 36.4 Å². The smallest absolute Gasteiger partial charge is 0.227 e. The second-order valence-electron chi connectivity index (χ2n) is 5.56. The van der Waals surface area contributed by atoms with Crippen molar-refractivity contribution < 1.29 is 10.5 Å². The Morgan fingerprint density at radius 1 is 1.21 bits per heavy atom. The molecule has 128 valence electrons. The monoisotopic (exact) mass is 439 g/mol. The zero-order valence-electron chi connectivity index (χ0n) is 13.7. The number of hydrogen-bond donors (Lipinski definition) is 3. The molecule has 0 unspecified atom stereocenters. The van der Waals surface area contributed by atoms with Crippen molar-refractivity contribution in [2.45, 2.75) is 6.42 Å². The molecule has 5 nitrogen and oxygen atoms in total. The third kappa shape index (κ3) is 4.75. The first-order chi connectivity index (χ1) is 11.7. The number of nitrogens with zero attached hydrogens (tertiary/aromatic N) is 1. The molecule has 0 spiro atoms. The van der Waals surface area contributed by atoms with Gasteiger partial charge in [-0.1, -0.05) is 59.0 Å². The van der Waals surface area contributed by atoms with Gasteiger partial charge in [0.2, 0.25) is 5.91 Å². The van der Waals surface area contributed by atoms with Crippen LogP contribution in [-0.2, 0) is 11.2 Å². The molecule has 0 aliphatic carbocycles. The Morgan fingerprint density at radius 3 is 2.62 bits per heavy atom. The number of benzene rings is 2. The number of carbonyl (C=O) groups is 1. The topological polar surface area (TPSA) is 83.8 Å². The van der Waals surface area contributed by atoms with Gasteiger partial charge in [-0.15, -0.1) is 0 Å². The van der Waals surface area contributed by atoms with Crippen molar-refractivity contribution in [2.75, 3.05) is 30.7 Å². The maximum absolute atomic E-state index is 12.6. The number of amides is 1. The van der Waals surface area contributed by atoms with Crippen LogP contribution in [0.3, 0.4) is 0 Å². The fraction of sp³-hybridized carbons (Fsp3) is 0.333. The van der Waals surface area contributed by atoms with E-state index in [1.165, 1.54) is 6.21 Å². The van der Waals surface area contributed by atoms with Gasteiger partial charge in [0, 0.05) is 25.8 Å². The van der Waals surface area contributed by atoms with Gasteiger partial charge in [-0.3, -0.25) is 4.79 Å². The Bertz CT molecular complexity index is 704. The molecule has 2 aromatic carbocycles. The summed E-state index contributed by atoms with van der Waals surface area (Å²) in [7, 11) is 0. The molecular weight excluding hydrogens is 415 g/mol. The maximum Gasteiger partial charge on any atom is 0.227 e. The fourth-order valence-corrected chi connectivity index (χ4v) is 3.38. The predicted octanol–water partition coefficient (Wildman–Crippen LogP) is 1.43. The summed E-state index contributed by atoms with van der Waals surface area (Å²) in [6, 6.07) is 11.8. The summed E-state index contributed by atoms with van der Waals surface area (Å²) in [5, 5.41) is 12.9. The van der Waals surface area contributed by atoms with Crippen LogP contribution in [0, 0.1) is 5.41 Å². The lowest BCUT2D eigenvalue weighted by Crippen LogP contribution is -2.54. The van der Waals surface area contributed by atoms with E-state index >= 15 is 0 Å². The molecule has 0 atom stereocenters. The lowest BCUT2D eigenvalue weighted by atomic mass is 9.98. The zero-order chi connectivity index (χ0) is 17.4. The Hall–Kier alpha value is -1.51. The van der Waals surface area contributed by atoms with E-state index in [1.54, 1.807) is 0 Å². The van der Waals surface area contributed by atoms with Gasteiger partial charge in [0.1, 0.15) is 0 Å². The van der Waals surface area contributed by atoms with E-state index in [0.29, 0.717) is 17.5 Å². The molecule has 0 bridgehead atoms. The maximum atomic E-state index is 12.6. The Labute approximate surface area is 156 Å². The number of halogens is 1. The van der Waals surface area contributed by atoms with Gasteiger partial charge in [0.15, 0.2) is 0 Å². The van der Waals surface area contributed by atoms with Crippen molar-refractivity contribution >= 4 is 45.5 Å². The Kier molecular flexibility index (Phi) is 7.61. The Balaban J connectivity index is 2.13. The van der Waals surface area contributed by atoms with E-state index in [2.05, 4.69) is 33.6 Å². The number of nitrogens with one attached hydrogen (secondary N) is 2. The minimum Gasteiger partial charge on any atom is -0.357 e. The first-order valence-electron chi connectivity index (χ1n) is 8.06. The van der Waals surface area contributed by atoms with Crippen LogP contribution in [0.1, 0.15) is 11.1 Å². The summed E-state index contributed by atoms with van der Waals surface area (Å²) < 4.78 is 0.680. The predicted molar refractivity (Wildman–Crippen MR) is 107 cm³/mol. The molecule has 2 aromatic rings. The van der Waals surface area contributed by atoms with Crippen LogP contribution < -0.4 is 11.1 Å². The summed E-state index contributed by atoms with van der Waals surface area (Å²) in [5.41, 5.74) is 5.69. The normalized spacial score (nSPS) is 10.8. The first kappa shape index (κ1) is 18.8. The minimum absolute atomic E-state index is 0.133. The number of hydrogen-bond acceptors (Lipinski definition) is 3. The van der Waals surface area contributed by atoms with Gasteiger partial charge in [-0.05, 0) is 21.9 Å². The highest BCUT2D eigenvalue weighted by Crippen LogP contribution is 2.22. The van der Waals surface area contributed by atoms with Crippen LogP contribution in [-0.4, -0.2) is 47.8 Å². The second-order valence-corrected chi connectivity index (χ2v) is 6.24. The number of rotatable bonds is 9. The van der Waals surface area contributed by atoms with Crippen LogP contribution in [0.25, 0.3) is 10.8 Å². The number of quaternary nitrogens is 1. The van der Waals surface area contributed by atoms with E-state index in [-0.39, 0.29) is 5.91 Å². The summed E-state index contributed by atoms with van der Waals surface area (Å²) in [6.07, 6.45) is 1.75. The highest BCUT2D eigenvalue weighted by Gasteiger charge is 2.14. The lowest BCUT2D eigenvalue weighted by Gasteiger charge is -2.21. The van der Waals surface area contributed by atoms with Crippen LogP contribution in [0.5, 0.6) is 0 Å². The van der Waals surface area contributed by atoms with Crippen LogP contribution >= 0.6 is 22.6 Å². The van der Waals surface area contributed by atoms with Crippen LogP contribution in [0.4, 0.5) is 0 Å². The second kappa shape index (κ2) is 9.71. The van der Waals surface area contributed by atoms with Gasteiger partial charge in [0.25, 0.3) is 0 Å². The van der Waals surface area contributed by atoms with Crippen molar-refractivity contribution in [3.8, 4) is 0 Å². The molecule has 0 saturated carbocycles. The highest BCUT2D eigenvalue weighted by atomic mass is 127. The summed E-state index contributed by atoms with van der Waals surface area (Å²) >= 11 is 2.23. The molecule has 2 rings (SSSR count). The SMILES string of the molecule is N=Cc1ccc(CC(=O)N(CI)CCNCC[NH3+])c2ccccc12. The van der Waals surface area contributed by atoms with Crippen LogP contribution in [0.2, 0.25) is 0 Å². The molecule has 24 heavy (non-hydrogen) atoms. The molecular formula is C18H24IN4O+. The van der Waals surface area contributed by atoms with Gasteiger partial charge >= 0.3 is 0 Å². The van der Waals surface area contributed by atoms with Gasteiger partial charge in [0.05, 0.1) is 17.5 Å². The third-order valence-corrected chi connectivity index (χ3v) is 4.78. The van der Waals surface area contributed by atoms with E-state index in [4.69, 9.17) is 5.41 Å². The molecule has 0 fully saturated rings. The molecule has 0 aromatic heterocycles. The molecule has 0 heterocycles. The molecule has 0 saturated heterocycles. The number of carbonyl (C=O) groups excluding carboxylic acids is 1. The molecule has 0 aliphatic rings. The first-order valence-corrected chi connectivity index (χ1v) is 9.58. The molecule has 1 amide bonds. The average Bonchev–Trinajstić information content (AvgIpc) is 2.62. The van der Waals surface area contributed by atoms with Crippen molar-refractivity contribution in [3.63, 3.8) is 0 Å². The molecule has 6 heteroatoms. The molecule has 0 radical (unpaired) electrons. The highest BCUT2D eigenvalue weighted by molar-refractivity contribution is 14.1. The van der Waals surface area contributed by atoms with Crippen molar-refractivity contribution in [2.24, 2.45) is 0 Å². The van der Waals surface area contributed by atoms with E-state index in [1.807, 2.05) is 41.3 Å². The molecule has 0 aliphatic heterocycles. The average molecular weight is 439 g/mol. The third-order valence-electron chi connectivity index (χ3n) is 3.95. The quantitative estimate of drug-likeness (QED) is 0.182. The van der Waals surface area contributed by atoms with Gasteiger partial charge in [-0.2, -0.15) is 0 Å². The number of fused-ring (bicyclic) bond motifs is 1. The zero-order valence-corrected chi connectivity index (χ0v) is 15.9. The van der Waals surface area contributed by atoms with Gasteiger partial charge in [-0.25, -0.2) is 0 Å². The van der Waals surface area contributed by atoms with E-state index in [0.717, 1.165) is 41.5 Å².